The summed E-state index contributed by atoms with van der Waals surface area (Å²) in [7, 11) is -4.29. The van der Waals surface area contributed by atoms with Gasteiger partial charge in [-0.25, -0.2) is 22.6 Å². The Balaban J connectivity index is 1.60. The van der Waals surface area contributed by atoms with Gasteiger partial charge in [0, 0.05) is 36.8 Å². The Morgan fingerprint density at radius 2 is 2.09 bits per heavy atom. The number of thiazole rings is 1. The average molecular weight is 491 g/mol. The number of halogens is 1. The third-order valence-electron chi connectivity index (χ3n) is 5.74. The van der Waals surface area contributed by atoms with E-state index in [1.54, 1.807) is 36.6 Å². The lowest BCUT2D eigenvalue weighted by atomic mass is 9.83. The van der Waals surface area contributed by atoms with E-state index >= 15 is 0 Å². The van der Waals surface area contributed by atoms with Crippen molar-refractivity contribution in [3.05, 3.63) is 75.5 Å². The quantitative estimate of drug-likeness (QED) is 0.379. The van der Waals surface area contributed by atoms with Crippen LogP contribution in [-0.2, 0) is 15.6 Å². The number of aliphatic hydroxyl groups is 1. The van der Waals surface area contributed by atoms with E-state index in [2.05, 4.69) is 15.0 Å². The average Bonchev–Trinajstić information content (AvgIpc) is 3.37. The zero-order valence-electron chi connectivity index (χ0n) is 17.3. The summed E-state index contributed by atoms with van der Waals surface area (Å²) in [5.74, 6) is -1.81. The molecule has 1 atom stereocenters. The predicted octanol–water partition coefficient (Wildman–Crippen LogP) is 2.39. The number of sulfonamides is 1. The third kappa shape index (κ3) is 3.64. The van der Waals surface area contributed by atoms with Crippen molar-refractivity contribution in [1.82, 2.24) is 14.9 Å². The summed E-state index contributed by atoms with van der Waals surface area (Å²) >= 11 is 1.05. The van der Waals surface area contributed by atoms with Crippen LogP contribution in [0, 0.1) is 5.82 Å². The number of rotatable bonds is 6. The van der Waals surface area contributed by atoms with Crippen molar-refractivity contribution in [2.75, 3.05) is 17.8 Å². The highest BCUT2D eigenvalue weighted by Gasteiger charge is 2.39. The van der Waals surface area contributed by atoms with Gasteiger partial charge in [-0.2, -0.15) is 0 Å². The fourth-order valence-corrected chi connectivity index (χ4v) is 5.89. The second-order valence-corrected chi connectivity index (χ2v) is 10.4. The first-order chi connectivity index (χ1) is 15.7. The lowest BCUT2D eigenvalue weighted by Gasteiger charge is -2.40. The molecule has 0 unspecified atom stereocenters. The molecular formula is C21H19FN4O5S2. The summed E-state index contributed by atoms with van der Waals surface area (Å²) in [6, 6.07) is 8.49. The van der Waals surface area contributed by atoms with Gasteiger partial charge in [0.1, 0.15) is 16.3 Å². The minimum absolute atomic E-state index is 0.0748. The van der Waals surface area contributed by atoms with Gasteiger partial charge >= 0.3 is 5.76 Å². The van der Waals surface area contributed by atoms with Gasteiger partial charge in [-0.05, 0) is 18.1 Å². The molecule has 0 amide bonds. The fourth-order valence-electron chi connectivity index (χ4n) is 4.03. The smallest absolute Gasteiger partial charge is 0.408 e. The molecule has 1 aliphatic heterocycles. The number of hydrogen-bond donors (Lipinski definition) is 3. The molecule has 3 N–H and O–H groups in total. The summed E-state index contributed by atoms with van der Waals surface area (Å²) in [6.07, 6.45) is 1.41. The molecule has 0 aliphatic carbocycles. The molecule has 0 radical (unpaired) electrons. The van der Waals surface area contributed by atoms with Gasteiger partial charge in [0.25, 0.3) is 10.0 Å². The lowest BCUT2D eigenvalue weighted by molar-refractivity contribution is -0.0157. The van der Waals surface area contributed by atoms with Gasteiger partial charge in [0.05, 0.1) is 11.6 Å². The molecule has 4 aromatic rings. The number of hydrogen-bond acceptors (Lipinski definition) is 8. The lowest BCUT2D eigenvalue weighted by Crippen LogP contribution is -2.57. The van der Waals surface area contributed by atoms with Gasteiger partial charge in [0.2, 0.25) is 0 Å². The van der Waals surface area contributed by atoms with Crippen molar-refractivity contribution < 1.29 is 22.3 Å². The number of benzene rings is 2. The van der Waals surface area contributed by atoms with Crippen LogP contribution in [-0.4, -0.2) is 36.2 Å². The Morgan fingerprint density at radius 3 is 2.76 bits per heavy atom. The van der Waals surface area contributed by atoms with Crippen LogP contribution in [0.3, 0.4) is 0 Å². The molecule has 0 spiro atoms. The van der Waals surface area contributed by atoms with Gasteiger partial charge in [0.15, 0.2) is 10.7 Å². The minimum Gasteiger partial charge on any atom is -0.408 e. The van der Waals surface area contributed by atoms with E-state index in [9.17, 15) is 22.7 Å². The highest BCUT2D eigenvalue weighted by molar-refractivity contribution is 7.93. The first-order valence-corrected chi connectivity index (χ1v) is 12.4. The van der Waals surface area contributed by atoms with Crippen molar-refractivity contribution in [3.63, 3.8) is 0 Å². The molecule has 1 fully saturated rings. The Kier molecular flexibility index (Phi) is 5.12. The van der Waals surface area contributed by atoms with Crippen LogP contribution < -0.4 is 15.8 Å². The van der Waals surface area contributed by atoms with Crippen LogP contribution in [0.25, 0.3) is 11.1 Å². The zero-order valence-corrected chi connectivity index (χ0v) is 18.9. The normalized spacial score (nSPS) is 16.5. The highest BCUT2D eigenvalue weighted by Crippen LogP contribution is 2.34. The molecule has 3 heterocycles. The largest absolute Gasteiger partial charge is 0.420 e. The molecule has 172 valence electrons. The SMILES string of the molecule is C[C@H](c1ccccc1C1(O)CNC1)n1c(=O)oc2cc(S(=O)(=O)Nc3nccs3)c(F)cc21. The maximum Gasteiger partial charge on any atom is 0.420 e. The number of β-amino-alcohol motifs (C(OH)–C–C–N with tert-alkyl or cyclic N) is 1. The Bertz CT molecular complexity index is 1510. The second kappa shape index (κ2) is 7.76. The van der Waals surface area contributed by atoms with Crippen LogP contribution in [0.2, 0.25) is 0 Å². The molecule has 9 nitrogen and oxygen atoms in total. The van der Waals surface area contributed by atoms with Gasteiger partial charge < -0.3 is 14.8 Å². The Hall–Kier alpha value is -3.06. The summed E-state index contributed by atoms with van der Waals surface area (Å²) in [6.45, 7) is 2.48. The van der Waals surface area contributed by atoms with E-state index in [1.807, 2.05) is 0 Å². The molecule has 1 saturated heterocycles. The molecular weight excluding hydrogens is 471 g/mol. The van der Waals surface area contributed by atoms with E-state index in [0.29, 0.717) is 24.2 Å². The molecule has 33 heavy (non-hydrogen) atoms. The van der Waals surface area contributed by atoms with Crippen molar-refractivity contribution in [2.45, 2.75) is 23.5 Å². The number of nitrogens with zero attached hydrogens (tertiary/aromatic N) is 2. The van der Waals surface area contributed by atoms with Gasteiger partial charge in [-0.3, -0.25) is 9.29 Å². The summed E-state index contributed by atoms with van der Waals surface area (Å²) < 4.78 is 49.1. The maximum atomic E-state index is 15.0. The summed E-state index contributed by atoms with van der Waals surface area (Å²) in [5, 5.41) is 15.5. The number of aromatic nitrogens is 2. The molecule has 1 aliphatic rings. The van der Waals surface area contributed by atoms with Crippen LogP contribution in [0.5, 0.6) is 0 Å². The van der Waals surface area contributed by atoms with E-state index in [4.69, 9.17) is 4.42 Å². The monoisotopic (exact) mass is 490 g/mol. The molecule has 2 aromatic carbocycles. The standard InChI is InChI=1S/C21H19FN4O5S2/c1-12(13-4-2-3-5-14(13)21(28)10-23-11-21)26-16-8-15(22)18(9-17(16)31-20(26)27)33(29,30)25-19-24-6-7-32-19/h2-9,12,23,28H,10-11H2,1H3,(H,24,25)/t12-/m1/s1. The van der Waals surface area contributed by atoms with E-state index in [-0.39, 0.29) is 16.2 Å². The first-order valence-electron chi connectivity index (χ1n) is 9.99. The molecule has 5 rings (SSSR count). The Morgan fingerprint density at radius 1 is 1.33 bits per heavy atom. The van der Waals surface area contributed by atoms with Crippen LogP contribution >= 0.6 is 11.3 Å². The molecule has 12 heteroatoms. The molecule has 2 aromatic heterocycles. The number of fused-ring (bicyclic) bond motifs is 1. The van der Waals surface area contributed by atoms with Crippen molar-refractivity contribution in [2.24, 2.45) is 0 Å². The molecule has 0 bridgehead atoms. The minimum atomic E-state index is -4.29. The van der Waals surface area contributed by atoms with Crippen LogP contribution in [0.15, 0.2) is 62.1 Å². The van der Waals surface area contributed by atoms with Crippen molar-refractivity contribution in [1.29, 1.82) is 0 Å². The Labute approximate surface area is 191 Å². The second-order valence-electron chi connectivity index (χ2n) is 7.83. The predicted molar refractivity (Wildman–Crippen MR) is 120 cm³/mol. The molecule has 0 saturated carbocycles. The van der Waals surface area contributed by atoms with E-state index < -0.39 is 38.1 Å². The third-order valence-corrected chi connectivity index (χ3v) is 7.92. The van der Waals surface area contributed by atoms with Crippen LogP contribution in [0.1, 0.15) is 24.1 Å². The number of oxazole rings is 1. The van der Waals surface area contributed by atoms with Crippen molar-refractivity contribution in [3.8, 4) is 0 Å². The summed E-state index contributed by atoms with van der Waals surface area (Å²) in [4.78, 5) is 15.9. The number of nitrogens with one attached hydrogen (secondary N) is 2. The van der Waals surface area contributed by atoms with E-state index in [0.717, 1.165) is 23.5 Å². The number of anilines is 1. The van der Waals surface area contributed by atoms with E-state index in [1.165, 1.54) is 10.8 Å². The fraction of sp³-hybridized carbons (Fsp3) is 0.238. The highest BCUT2D eigenvalue weighted by atomic mass is 32.2. The van der Waals surface area contributed by atoms with Gasteiger partial charge in [-0.15, -0.1) is 11.3 Å². The summed E-state index contributed by atoms with van der Waals surface area (Å²) in [5.41, 5.74) is 0.293. The van der Waals surface area contributed by atoms with Crippen LogP contribution in [0.4, 0.5) is 9.52 Å². The zero-order chi connectivity index (χ0) is 23.4. The first kappa shape index (κ1) is 21.8. The topological polar surface area (TPSA) is 126 Å². The van der Waals surface area contributed by atoms with Crippen molar-refractivity contribution >= 4 is 37.6 Å². The van der Waals surface area contributed by atoms with Gasteiger partial charge in [-0.1, -0.05) is 24.3 Å². The maximum absolute atomic E-state index is 15.0.